The Morgan fingerprint density at radius 1 is 1.26 bits per heavy atom. The number of nitrogens with zero attached hydrogens (tertiary/aromatic N) is 1. The molecular formula is C19H17ClN2O4S. The zero-order chi connectivity index (χ0) is 19.6. The first kappa shape index (κ1) is 19.3. The van der Waals surface area contributed by atoms with E-state index in [0.717, 1.165) is 4.90 Å². The van der Waals surface area contributed by atoms with Gasteiger partial charge in [-0.3, -0.25) is 14.5 Å². The van der Waals surface area contributed by atoms with Crippen molar-refractivity contribution < 1.29 is 19.1 Å². The largest absolute Gasteiger partial charge is 0.465 e. The van der Waals surface area contributed by atoms with E-state index in [-0.39, 0.29) is 18.4 Å². The molecule has 0 saturated heterocycles. The van der Waals surface area contributed by atoms with Crippen LogP contribution in [-0.4, -0.2) is 36.7 Å². The Balaban J connectivity index is 1.89. The van der Waals surface area contributed by atoms with Gasteiger partial charge in [-0.1, -0.05) is 23.7 Å². The van der Waals surface area contributed by atoms with Gasteiger partial charge in [-0.15, -0.1) is 11.8 Å². The number of methoxy groups -OCH3 is 1. The molecule has 0 aromatic heterocycles. The monoisotopic (exact) mass is 404 g/mol. The lowest BCUT2D eigenvalue weighted by molar-refractivity contribution is -0.121. The third kappa shape index (κ3) is 4.09. The molecule has 0 radical (unpaired) electrons. The average Bonchev–Trinajstić information content (AvgIpc) is 2.67. The van der Waals surface area contributed by atoms with Gasteiger partial charge in [-0.2, -0.15) is 0 Å². The van der Waals surface area contributed by atoms with E-state index in [9.17, 15) is 14.4 Å². The van der Waals surface area contributed by atoms with Gasteiger partial charge in [0.15, 0.2) is 0 Å². The molecule has 6 nitrogen and oxygen atoms in total. The van der Waals surface area contributed by atoms with Crippen molar-refractivity contribution >= 4 is 52.5 Å². The summed E-state index contributed by atoms with van der Waals surface area (Å²) in [5.41, 5.74) is 1.24. The number of esters is 1. The van der Waals surface area contributed by atoms with Gasteiger partial charge in [0.1, 0.15) is 6.54 Å². The summed E-state index contributed by atoms with van der Waals surface area (Å²) in [6, 6.07) is 11.9. The Morgan fingerprint density at radius 3 is 2.70 bits per heavy atom. The summed E-state index contributed by atoms with van der Waals surface area (Å²) < 4.78 is 4.74. The summed E-state index contributed by atoms with van der Waals surface area (Å²) in [4.78, 5) is 39.1. The van der Waals surface area contributed by atoms with Gasteiger partial charge >= 0.3 is 5.97 Å². The number of nitrogens with one attached hydrogen (secondary N) is 1. The quantitative estimate of drug-likeness (QED) is 0.622. The second-order valence-corrected chi connectivity index (χ2v) is 7.68. The summed E-state index contributed by atoms with van der Waals surface area (Å²) in [5.74, 6) is -1.06. The number of carbonyl (C=O) groups excluding carboxylic acids is 3. The molecule has 3 rings (SSSR count). The topological polar surface area (TPSA) is 75.7 Å². The number of rotatable bonds is 4. The van der Waals surface area contributed by atoms with Crippen LogP contribution < -0.4 is 10.2 Å². The number of fused-ring (bicyclic) bond motifs is 1. The van der Waals surface area contributed by atoms with Crippen LogP contribution >= 0.6 is 23.4 Å². The maximum Gasteiger partial charge on any atom is 0.337 e. The number of anilines is 2. The molecule has 2 amide bonds. The van der Waals surface area contributed by atoms with E-state index in [1.165, 1.54) is 23.8 Å². The minimum Gasteiger partial charge on any atom is -0.465 e. The molecule has 1 aliphatic heterocycles. The van der Waals surface area contributed by atoms with E-state index in [4.69, 9.17) is 16.3 Å². The molecule has 1 atom stereocenters. The maximum atomic E-state index is 13.0. The summed E-state index contributed by atoms with van der Waals surface area (Å²) >= 11 is 7.49. The van der Waals surface area contributed by atoms with Crippen molar-refractivity contribution in [3.05, 3.63) is 53.1 Å². The van der Waals surface area contributed by atoms with E-state index in [2.05, 4.69) is 5.32 Å². The Bertz CT molecular complexity index is 918. The molecular weight excluding hydrogens is 388 g/mol. The number of hydrogen-bond donors (Lipinski definition) is 1. The van der Waals surface area contributed by atoms with E-state index >= 15 is 0 Å². The van der Waals surface area contributed by atoms with Crippen LogP contribution in [0.4, 0.5) is 11.4 Å². The lowest BCUT2D eigenvalue weighted by Crippen LogP contribution is -2.45. The van der Waals surface area contributed by atoms with Gasteiger partial charge < -0.3 is 10.1 Å². The summed E-state index contributed by atoms with van der Waals surface area (Å²) in [6.45, 7) is 1.64. The SMILES string of the molecule is COC(=O)c1ccc2c(c1)N(C(=O)C(C)Sc1ccccc1Cl)CC(=O)N2. The Morgan fingerprint density at radius 2 is 2.00 bits per heavy atom. The zero-order valence-corrected chi connectivity index (χ0v) is 16.3. The van der Waals surface area contributed by atoms with Crippen LogP contribution in [0.15, 0.2) is 47.4 Å². The Hall–Kier alpha value is -2.51. The van der Waals surface area contributed by atoms with E-state index in [1.54, 1.807) is 31.2 Å². The van der Waals surface area contributed by atoms with Crippen LogP contribution in [0, 0.1) is 0 Å². The predicted molar refractivity (Wildman–Crippen MR) is 106 cm³/mol. The Kier molecular flexibility index (Phi) is 5.72. The highest BCUT2D eigenvalue weighted by atomic mass is 35.5. The highest BCUT2D eigenvalue weighted by Gasteiger charge is 2.31. The minimum absolute atomic E-state index is 0.121. The lowest BCUT2D eigenvalue weighted by atomic mass is 10.1. The fourth-order valence-electron chi connectivity index (χ4n) is 2.72. The van der Waals surface area contributed by atoms with Crippen LogP contribution in [0.3, 0.4) is 0 Å². The first-order valence-electron chi connectivity index (χ1n) is 8.15. The average molecular weight is 405 g/mol. The number of ether oxygens (including phenoxy) is 1. The smallest absolute Gasteiger partial charge is 0.337 e. The van der Waals surface area contributed by atoms with Crippen molar-refractivity contribution in [1.82, 2.24) is 0 Å². The molecule has 8 heteroatoms. The fraction of sp³-hybridized carbons (Fsp3) is 0.211. The number of thioether (sulfide) groups is 1. The van der Waals surface area contributed by atoms with Crippen molar-refractivity contribution in [2.75, 3.05) is 23.9 Å². The van der Waals surface area contributed by atoms with Crippen LogP contribution in [0.25, 0.3) is 0 Å². The number of hydrogen-bond acceptors (Lipinski definition) is 5. The van der Waals surface area contributed by atoms with Crippen LogP contribution in [-0.2, 0) is 14.3 Å². The molecule has 0 spiro atoms. The number of amides is 2. The fourth-order valence-corrected chi connectivity index (χ4v) is 3.94. The molecule has 2 aromatic carbocycles. The Labute approximate surface area is 165 Å². The summed E-state index contributed by atoms with van der Waals surface area (Å²) in [5, 5.41) is 2.79. The van der Waals surface area contributed by atoms with Gasteiger partial charge in [0.2, 0.25) is 11.8 Å². The zero-order valence-electron chi connectivity index (χ0n) is 14.7. The van der Waals surface area contributed by atoms with Crippen molar-refractivity contribution in [2.45, 2.75) is 17.1 Å². The van der Waals surface area contributed by atoms with Crippen LogP contribution in [0.1, 0.15) is 17.3 Å². The predicted octanol–water partition coefficient (Wildman–Crippen LogP) is 3.59. The highest BCUT2D eigenvalue weighted by Crippen LogP contribution is 2.35. The van der Waals surface area contributed by atoms with E-state index in [1.807, 2.05) is 18.2 Å². The van der Waals surface area contributed by atoms with E-state index in [0.29, 0.717) is 22.0 Å². The molecule has 0 saturated carbocycles. The highest BCUT2D eigenvalue weighted by molar-refractivity contribution is 8.00. The van der Waals surface area contributed by atoms with Gasteiger partial charge in [0.25, 0.3) is 0 Å². The third-order valence-electron chi connectivity index (χ3n) is 4.04. The molecule has 140 valence electrons. The molecule has 0 fully saturated rings. The van der Waals surface area contributed by atoms with Crippen molar-refractivity contribution in [1.29, 1.82) is 0 Å². The van der Waals surface area contributed by atoms with Gasteiger partial charge in [-0.25, -0.2) is 4.79 Å². The number of benzene rings is 2. The van der Waals surface area contributed by atoms with Gasteiger partial charge in [0.05, 0.1) is 34.3 Å². The van der Waals surface area contributed by atoms with Gasteiger partial charge in [0, 0.05) is 4.90 Å². The lowest BCUT2D eigenvalue weighted by Gasteiger charge is -2.31. The molecule has 1 aliphatic rings. The third-order valence-corrected chi connectivity index (χ3v) is 5.65. The molecule has 0 bridgehead atoms. The summed E-state index contributed by atoms with van der Waals surface area (Å²) in [6.07, 6.45) is 0. The maximum absolute atomic E-state index is 13.0. The molecule has 1 N–H and O–H groups in total. The van der Waals surface area contributed by atoms with Crippen molar-refractivity contribution in [3.8, 4) is 0 Å². The molecule has 27 heavy (non-hydrogen) atoms. The van der Waals surface area contributed by atoms with Crippen molar-refractivity contribution in [3.63, 3.8) is 0 Å². The van der Waals surface area contributed by atoms with Gasteiger partial charge in [-0.05, 0) is 37.3 Å². The van der Waals surface area contributed by atoms with Crippen LogP contribution in [0.5, 0.6) is 0 Å². The van der Waals surface area contributed by atoms with Crippen LogP contribution in [0.2, 0.25) is 5.02 Å². The number of carbonyl (C=O) groups is 3. The normalized spacial score (nSPS) is 14.2. The van der Waals surface area contributed by atoms with Crippen molar-refractivity contribution in [2.24, 2.45) is 0 Å². The first-order chi connectivity index (χ1) is 12.9. The molecule has 2 aromatic rings. The second kappa shape index (κ2) is 8.02. The molecule has 1 unspecified atom stereocenters. The second-order valence-electron chi connectivity index (χ2n) is 5.89. The first-order valence-corrected chi connectivity index (χ1v) is 9.41. The summed E-state index contributed by atoms with van der Waals surface area (Å²) in [7, 11) is 1.29. The molecule has 0 aliphatic carbocycles. The van der Waals surface area contributed by atoms with E-state index < -0.39 is 11.2 Å². The number of halogens is 1. The molecule has 1 heterocycles. The minimum atomic E-state index is -0.513. The standard InChI is InChI=1S/C19H17ClN2O4S/c1-11(27-16-6-4-3-5-13(16)20)18(24)22-10-17(23)21-14-8-7-12(9-15(14)22)19(25)26-2/h3-9,11H,10H2,1-2H3,(H,21,23).